The van der Waals surface area contributed by atoms with Crippen molar-refractivity contribution in [3.05, 3.63) is 5.82 Å². The topological polar surface area (TPSA) is 50.9 Å². The number of aliphatic hydroxyl groups excluding tert-OH is 1. The summed E-state index contributed by atoms with van der Waals surface area (Å²) in [5.41, 5.74) is 0. The van der Waals surface area contributed by atoms with E-state index in [1.807, 2.05) is 18.4 Å². The van der Waals surface area contributed by atoms with Gasteiger partial charge in [0.1, 0.15) is 5.82 Å². The molecule has 1 aliphatic carbocycles. The number of aliphatic hydroxyl groups is 1. The molecule has 0 radical (unpaired) electrons. The Labute approximate surface area is 113 Å². The molecule has 2 rings (SSSR count). The SMILES string of the molecule is CC(C)c1nnc(SC[C@@H](O)C(F)(F)F)n1C1CC1. The van der Waals surface area contributed by atoms with Crippen LogP contribution in [0.15, 0.2) is 5.16 Å². The predicted molar refractivity (Wildman–Crippen MR) is 65.2 cm³/mol. The summed E-state index contributed by atoms with van der Waals surface area (Å²) < 4.78 is 38.7. The molecule has 19 heavy (non-hydrogen) atoms. The lowest BCUT2D eigenvalue weighted by Gasteiger charge is -2.14. The van der Waals surface area contributed by atoms with Gasteiger partial charge in [-0.25, -0.2) is 0 Å². The molecule has 8 heteroatoms. The van der Waals surface area contributed by atoms with Gasteiger partial charge in [0.05, 0.1) is 0 Å². The van der Waals surface area contributed by atoms with Crippen molar-refractivity contribution >= 4 is 11.8 Å². The van der Waals surface area contributed by atoms with Gasteiger partial charge in [-0.3, -0.25) is 0 Å². The minimum Gasteiger partial charge on any atom is -0.383 e. The van der Waals surface area contributed by atoms with E-state index >= 15 is 0 Å². The molecule has 1 atom stereocenters. The van der Waals surface area contributed by atoms with Gasteiger partial charge in [-0.05, 0) is 12.8 Å². The lowest BCUT2D eigenvalue weighted by Crippen LogP contribution is -2.30. The molecule has 1 aromatic rings. The Morgan fingerprint density at radius 2 is 2.00 bits per heavy atom. The Balaban J connectivity index is 2.08. The van der Waals surface area contributed by atoms with Crippen molar-refractivity contribution in [1.29, 1.82) is 0 Å². The van der Waals surface area contributed by atoms with E-state index in [0.717, 1.165) is 30.4 Å². The molecular weight excluding hydrogens is 279 g/mol. The van der Waals surface area contributed by atoms with Gasteiger partial charge in [0, 0.05) is 17.7 Å². The van der Waals surface area contributed by atoms with Crippen LogP contribution in [0.5, 0.6) is 0 Å². The van der Waals surface area contributed by atoms with Crippen molar-refractivity contribution in [3.8, 4) is 0 Å². The van der Waals surface area contributed by atoms with Crippen LogP contribution >= 0.6 is 11.8 Å². The maximum absolute atomic E-state index is 12.3. The van der Waals surface area contributed by atoms with E-state index in [1.165, 1.54) is 0 Å². The van der Waals surface area contributed by atoms with Crippen molar-refractivity contribution in [1.82, 2.24) is 14.8 Å². The van der Waals surface area contributed by atoms with Crippen LogP contribution < -0.4 is 0 Å². The fourth-order valence-corrected chi connectivity index (χ4v) is 2.68. The lowest BCUT2D eigenvalue weighted by atomic mass is 10.2. The summed E-state index contributed by atoms with van der Waals surface area (Å²) in [6, 6.07) is 0.304. The van der Waals surface area contributed by atoms with Gasteiger partial charge in [0.2, 0.25) is 0 Å². The molecule has 0 spiro atoms. The molecule has 1 aromatic heterocycles. The molecule has 1 saturated carbocycles. The van der Waals surface area contributed by atoms with Gasteiger partial charge in [-0.1, -0.05) is 25.6 Å². The summed E-state index contributed by atoms with van der Waals surface area (Å²) in [6.45, 7) is 3.95. The Hall–Kier alpha value is -0.760. The zero-order valence-electron chi connectivity index (χ0n) is 10.7. The van der Waals surface area contributed by atoms with Gasteiger partial charge in [0.25, 0.3) is 0 Å². The number of hydrogen-bond acceptors (Lipinski definition) is 4. The minimum atomic E-state index is -4.59. The fourth-order valence-electron chi connectivity index (χ4n) is 1.70. The van der Waals surface area contributed by atoms with Crippen molar-refractivity contribution in [3.63, 3.8) is 0 Å². The molecule has 0 bridgehead atoms. The smallest absolute Gasteiger partial charge is 0.383 e. The third-order valence-corrected chi connectivity index (χ3v) is 3.89. The molecule has 0 saturated heterocycles. The summed E-state index contributed by atoms with van der Waals surface area (Å²) in [5, 5.41) is 17.5. The van der Waals surface area contributed by atoms with Crippen LogP contribution in [-0.2, 0) is 0 Å². The second kappa shape index (κ2) is 5.32. The highest BCUT2D eigenvalue weighted by Crippen LogP contribution is 2.40. The van der Waals surface area contributed by atoms with Crippen LogP contribution in [0, 0.1) is 0 Å². The maximum atomic E-state index is 12.3. The summed E-state index contributed by atoms with van der Waals surface area (Å²) >= 11 is 0.908. The minimum absolute atomic E-state index is 0.176. The van der Waals surface area contributed by atoms with Crippen molar-refractivity contribution < 1.29 is 18.3 Å². The first-order valence-corrected chi connectivity index (χ1v) is 7.11. The molecule has 4 nitrogen and oxygen atoms in total. The summed E-state index contributed by atoms with van der Waals surface area (Å²) in [7, 11) is 0. The molecule has 1 N–H and O–H groups in total. The quantitative estimate of drug-likeness (QED) is 0.849. The molecule has 0 amide bonds. The highest BCUT2D eigenvalue weighted by atomic mass is 32.2. The van der Waals surface area contributed by atoms with Gasteiger partial charge in [-0.15, -0.1) is 10.2 Å². The number of thioether (sulfide) groups is 1. The Bertz CT molecular complexity index is 443. The van der Waals surface area contributed by atoms with E-state index in [4.69, 9.17) is 5.11 Å². The molecule has 0 aromatic carbocycles. The predicted octanol–water partition coefficient (Wildman–Crippen LogP) is 2.75. The van der Waals surface area contributed by atoms with E-state index < -0.39 is 18.0 Å². The largest absolute Gasteiger partial charge is 0.415 e. The lowest BCUT2D eigenvalue weighted by molar-refractivity contribution is -0.195. The normalized spacial score (nSPS) is 18.1. The highest BCUT2D eigenvalue weighted by Gasteiger charge is 2.39. The molecular formula is C11H16F3N3OS. The van der Waals surface area contributed by atoms with E-state index in [0.29, 0.717) is 11.2 Å². The summed E-state index contributed by atoms with van der Waals surface area (Å²) in [5.74, 6) is 0.522. The first-order chi connectivity index (χ1) is 8.80. The van der Waals surface area contributed by atoms with Gasteiger partial charge >= 0.3 is 6.18 Å². The highest BCUT2D eigenvalue weighted by molar-refractivity contribution is 7.99. The maximum Gasteiger partial charge on any atom is 0.415 e. The fraction of sp³-hybridized carbons (Fsp3) is 0.818. The molecule has 1 heterocycles. The second-order valence-electron chi connectivity index (χ2n) is 4.97. The molecule has 0 aliphatic heterocycles. The molecule has 1 fully saturated rings. The van der Waals surface area contributed by atoms with Crippen LogP contribution in [0.2, 0.25) is 0 Å². The number of alkyl halides is 3. The van der Waals surface area contributed by atoms with Crippen molar-refractivity contribution in [2.24, 2.45) is 0 Å². The van der Waals surface area contributed by atoms with E-state index in [9.17, 15) is 13.2 Å². The first-order valence-electron chi connectivity index (χ1n) is 6.13. The van der Waals surface area contributed by atoms with E-state index in [-0.39, 0.29) is 5.92 Å². The Morgan fingerprint density at radius 1 is 1.37 bits per heavy atom. The standard InChI is InChI=1S/C11H16F3N3OS/c1-6(2)9-15-16-10(17(9)7-3-4-7)19-5-8(18)11(12,13)14/h6-8,18H,3-5H2,1-2H3/t8-/m1/s1. The first kappa shape index (κ1) is 14.6. The average molecular weight is 295 g/mol. The Kier molecular flexibility index (Phi) is 4.10. The van der Waals surface area contributed by atoms with Crippen LogP contribution in [0.4, 0.5) is 13.2 Å². The molecule has 1 aliphatic rings. The van der Waals surface area contributed by atoms with Crippen LogP contribution in [0.25, 0.3) is 0 Å². The second-order valence-corrected chi connectivity index (χ2v) is 5.95. The third kappa shape index (κ3) is 3.42. The van der Waals surface area contributed by atoms with Crippen molar-refractivity contribution in [2.75, 3.05) is 5.75 Å². The molecule has 0 unspecified atom stereocenters. The number of rotatable bonds is 5. The van der Waals surface area contributed by atoms with Crippen LogP contribution in [-0.4, -0.2) is 37.9 Å². The summed E-state index contributed by atoms with van der Waals surface area (Å²) in [6.07, 6.45) is -4.90. The monoisotopic (exact) mass is 295 g/mol. The van der Waals surface area contributed by atoms with Gasteiger partial charge in [-0.2, -0.15) is 13.2 Å². The van der Waals surface area contributed by atoms with Gasteiger partial charge in [0.15, 0.2) is 11.3 Å². The van der Waals surface area contributed by atoms with Crippen LogP contribution in [0.3, 0.4) is 0 Å². The zero-order chi connectivity index (χ0) is 14.2. The number of aromatic nitrogens is 3. The molecule has 108 valence electrons. The number of halogens is 3. The average Bonchev–Trinajstić information content (AvgIpc) is 3.04. The zero-order valence-corrected chi connectivity index (χ0v) is 11.5. The van der Waals surface area contributed by atoms with E-state index in [2.05, 4.69) is 10.2 Å². The van der Waals surface area contributed by atoms with Crippen molar-refractivity contribution in [2.45, 2.75) is 56.1 Å². The number of hydrogen-bond donors (Lipinski definition) is 1. The Morgan fingerprint density at radius 3 is 2.47 bits per heavy atom. The van der Waals surface area contributed by atoms with Gasteiger partial charge < -0.3 is 9.67 Å². The van der Waals surface area contributed by atoms with E-state index in [1.54, 1.807) is 0 Å². The number of nitrogens with zero attached hydrogens (tertiary/aromatic N) is 3. The summed E-state index contributed by atoms with van der Waals surface area (Å²) in [4.78, 5) is 0. The third-order valence-electron chi connectivity index (χ3n) is 2.87. The van der Waals surface area contributed by atoms with Crippen LogP contribution in [0.1, 0.15) is 44.5 Å².